The van der Waals surface area contributed by atoms with Crippen LogP contribution in [0.25, 0.3) is 10.9 Å². The smallest absolute Gasteiger partial charge is 0.335 e. The van der Waals surface area contributed by atoms with Gasteiger partial charge in [-0.1, -0.05) is 17.7 Å². The number of halogens is 1. The topological polar surface area (TPSA) is 137 Å². The Morgan fingerprint density at radius 2 is 1.80 bits per heavy atom. The van der Waals surface area contributed by atoms with Crippen molar-refractivity contribution in [2.45, 2.75) is 6.92 Å². The Hall–Kier alpha value is -4.62. The highest BCUT2D eigenvalue weighted by molar-refractivity contribution is 7.88. The fraction of sp³-hybridized carbons (Fsp3) is 0.290. The van der Waals surface area contributed by atoms with E-state index in [4.69, 9.17) is 16.3 Å². The van der Waals surface area contributed by atoms with Crippen molar-refractivity contribution in [1.29, 1.82) is 0 Å². The van der Waals surface area contributed by atoms with Gasteiger partial charge in [0.2, 0.25) is 10.0 Å². The zero-order valence-electron chi connectivity index (χ0n) is 25.2. The van der Waals surface area contributed by atoms with E-state index < -0.39 is 16.1 Å². The number of aryl methyl sites for hydroxylation is 1. The first-order valence-corrected chi connectivity index (χ1v) is 16.5. The SMILES string of the molecule is COc1cc(C(=O)N2CCN(c3ccccn3)CC2)ccc1NC(=O)N(CCNc1cc(C)nc2ccc(Cl)cc12)S(C)(=O)=O. The summed E-state index contributed by atoms with van der Waals surface area (Å²) in [5, 5.41) is 7.14. The van der Waals surface area contributed by atoms with Crippen LogP contribution in [0.5, 0.6) is 5.75 Å². The quantitative estimate of drug-likeness (QED) is 0.269. The van der Waals surface area contributed by atoms with E-state index in [2.05, 4.69) is 25.5 Å². The van der Waals surface area contributed by atoms with Gasteiger partial charge in [-0.05, 0) is 61.5 Å². The molecule has 236 valence electrons. The third-order valence-corrected chi connectivity index (χ3v) is 8.77. The van der Waals surface area contributed by atoms with Gasteiger partial charge in [-0.15, -0.1) is 0 Å². The van der Waals surface area contributed by atoms with Crippen molar-refractivity contribution in [3.63, 3.8) is 0 Å². The number of amides is 3. The number of hydrogen-bond acceptors (Lipinski definition) is 9. The Labute approximate surface area is 267 Å². The molecule has 2 aromatic heterocycles. The number of fused-ring (bicyclic) bond motifs is 1. The van der Waals surface area contributed by atoms with E-state index in [0.29, 0.717) is 42.5 Å². The van der Waals surface area contributed by atoms with Crippen LogP contribution in [0.3, 0.4) is 0 Å². The normalized spacial score (nSPS) is 13.4. The van der Waals surface area contributed by atoms with Gasteiger partial charge in [0.25, 0.3) is 5.91 Å². The lowest BCUT2D eigenvalue weighted by atomic mass is 10.1. The first-order chi connectivity index (χ1) is 21.5. The maximum absolute atomic E-state index is 13.3. The molecule has 12 nitrogen and oxygen atoms in total. The molecule has 2 N–H and O–H groups in total. The van der Waals surface area contributed by atoms with E-state index in [9.17, 15) is 18.0 Å². The number of carbonyl (C=O) groups excluding carboxylic acids is 2. The van der Waals surface area contributed by atoms with Crippen LogP contribution in [0.4, 0.5) is 22.0 Å². The Balaban J connectivity index is 1.24. The van der Waals surface area contributed by atoms with Crippen molar-refractivity contribution in [2.75, 3.05) is 68.2 Å². The van der Waals surface area contributed by atoms with Gasteiger partial charge >= 0.3 is 6.03 Å². The second kappa shape index (κ2) is 13.6. The molecule has 5 rings (SSSR count). The van der Waals surface area contributed by atoms with E-state index >= 15 is 0 Å². The Bertz CT molecular complexity index is 1820. The summed E-state index contributed by atoms with van der Waals surface area (Å²) in [5.41, 5.74) is 2.84. The third kappa shape index (κ3) is 7.55. The number of benzene rings is 2. The molecule has 0 bridgehead atoms. The molecule has 0 radical (unpaired) electrons. The molecule has 0 atom stereocenters. The minimum Gasteiger partial charge on any atom is -0.495 e. The minimum atomic E-state index is -3.94. The first-order valence-electron chi connectivity index (χ1n) is 14.3. The van der Waals surface area contributed by atoms with Crippen molar-refractivity contribution in [3.8, 4) is 5.75 Å². The van der Waals surface area contributed by atoms with Crippen LogP contribution >= 0.6 is 11.6 Å². The molecule has 0 spiro atoms. The lowest BCUT2D eigenvalue weighted by molar-refractivity contribution is 0.0746. The monoisotopic (exact) mass is 651 g/mol. The van der Waals surface area contributed by atoms with E-state index in [0.717, 1.165) is 33.0 Å². The number of aromatic nitrogens is 2. The van der Waals surface area contributed by atoms with Crippen LogP contribution in [0, 0.1) is 6.92 Å². The van der Waals surface area contributed by atoms with E-state index in [1.54, 1.807) is 29.3 Å². The maximum atomic E-state index is 13.3. The molecule has 1 aliphatic heterocycles. The highest BCUT2D eigenvalue weighted by Gasteiger charge is 2.26. The van der Waals surface area contributed by atoms with Gasteiger partial charge in [0.15, 0.2) is 0 Å². The zero-order valence-corrected chi connectivity index (χ0v) is 26.7. The molecule has 3 amide bonds. The molecular formula is C31H34ClN7O5S. The molecule has 14 heteroatoms. The Morgan fingerprint density at radius 3 is 2.49 bits per heavy atom. The number of anilines is 3. The van der Waals surface area contributed by atoms with E-state index in [1.165, 1.54) is 19.2 Å². The van der Waals surface area contributed by atoms with Crippen LogP contribution in [-0.2, 0) is 10.0 Å². The van der Waals surface area contributed by atoms with Gasteiger partial charge in [-0.3, -0.25) is 9.78 Å². The van der Waals surface area contributed by atoms with E-state index in [1.807, 2.05) is 37.3 Å². The number of piperazine rings is 1. The summed E-state index contributed by atoms with van der Waals surface area (Å²) >= 11 is 6.18. The number of carbonyl (C=O) groups is 2. The summed E-state index contributed by atoms with van der Waals surface area (Å²) in [6, 6.07) is 16.7. The van der Waals surface area contributed by atoms with Crippen molar-refractivity contribution in [1.82, 2.24) is 19.2 Å². The standard InChI is InChI=1S/C31H34ClN7O5S/c1-21-18-27(24-20-23(32)8-10-25(24)35-21)33-12-13-39(45(3,42)43)31(41)36-26-9-7-22(19-28(26)44-2)30(40)38-16-14-37(15-17-38)29-6-4-5-11-34-29/h4-11,18-20H,12-17H2,1-3H3,(H,33,35)(H,36,41). The van der Waals surface area contributed by atoms with Gasteiger partial charge in [0.05, 0.1) is 31.1 Å². The molecule has 0 saturated carbocycles. The number of methoxy groups -OCH3 is 1. The molecule has 1 fully saturated rings. The largest absolute Gasteiger partial charge is 0.495 e. The molecular weight excluding hydrogens is 618 g/mol. The molecule has 0 unspecified atom stereocenters. The van der Waals surface area contributed by atoms with Crippen molar-refractivity contribution in [3.05, 3.63) is 83.1 Å². The van der Waals surface area contributed by atoms with Crippen LogP contribution < -0.4 is 20.3 Å². The average molecular weight is 652 g/mol. The fourth-order valence-corrected chi connectivity index (χ4v) is 6.10. The fourth-order valence-electron chi connectivity index (χ4n) is 5.15. The Morgan fingerprint density at radius 1 is 1.02 bits per heavy atom. The average Bonchev–Trinajstić information content (AvgIpc) is 3.03. The van der Waals surface area contributed by atoms with Crippen molar-refractivity contribution >= 4 is 61.7 Å². The second-order valence-electron chi connectivity index (χ2n) is 10.5. The minimum absolute atomic E-state index is 0.129. The molecule has 4 aromatic rings. The zero-order chi connectivity index (χ0) is 32.1. The molecule has 3 heterocycles. The molecule has 0 aliphatic carbocycles. The van der Waals surface area contributed by atoms with Crippen LogP contribution in [0.2, 0.25) is 5.02 Å². The number of urea groups is 1. The van der Waals surface area contributed by atoms with Crippen molar-refractivity contribution < 1.29 is 22.7 Å². The highest BCUT2D eigenvalue weighted by atomic mass is 35.5. The molecule has 1 saturated heterocycles. The lowest BCUT2D eigenvalue weighted by Crippen LogP contribution is -2.49. The van der Waals surface area contributed by atoms with Crippen LogP contribution in [0.15, 0.2) is 66.9 Å². The van der Waals surface area contributed by atoms with Crippen molar-refractivity contribution in [2.24, 2.45) is 0 Å². The predicted octanol–water partition coefficient (Wildman–Crippen LogP) is 4.47. The maximum Gasteiger partial charge on any atom is 0.335 e. The molecule has 45 heavy (non-hydrogen) atoms. The first kappa shape index (κ1) is 31.8. The lowest BCUT2D eigenvalue weighted by Gasteiger charge is -2.35. The second-order valence-corrected chi connectivity index (χ2v) is 12.9. The molecule has 1 aliphatic rings. The number of nitrogens with zero attached hydrogens (tertiary/aromatic N) is 5. The predicted molar refractivity (Wildman–Crippen MR) is 176 cm³/mol. The number of sulfonamides is 1. The summed E-state index contributed by atoms with van der Waals surface area (Å²) < 4.78 is 31.5. The van der Waals surface area contributed by atoms with E-state index in [-0.39, 0.29) is 30.4 Å². The number of rotatable bonds is 9. The summed E-state index contributed by atoms with van der Waals surface area (Å²) in [7, 11) is -2.53. The summed E-state index contributed by atoms with van der Waals surface area (Å²) in [4.78, 5) is 39.3. The summed E-state index contributed by atoms with van der Waals surface area (Å²) in [6.07, 6.45) is 2.71. The summed E-state index contributed by atoms with van der Waals surface area (Å²) in [6.45, 7) is 4.17. The van der Waals surface area contributed by atoms with Crippen LogP contribution in [0.1, 0.15) is 16.1 Å². The highest BCUT2D eigenvalue weighted by Crippen LogP contribution is 2.28. The molecule has 2 aromatic carbocycles. The van der Waals surface area contributed by atoms with Gasteiger partial charge in [-0.25, -0.2) is 22.5 Å². The van der Waals surface area contributed by atoms with Gasteiger partial charge in [0, 0.05) is 66.3 Å². The summed E-state index contributed by atoms with van der Waals surface area (Å²) in [5.74, 6) is 0.926. The van der Waals surface area contributed by atoms with Gasteiger partial charge in [0.1, 0.15) is 11.6 Å². The van der Waals surface area contributed by atoms with Gasteiger partial charge in [-0.2, -0.15) is 0 Å². The number of pyridine rings is 2. The Kier molecular flexibility index (Phi) is 9.59. The number of nitrogens with one attached hydrogen (secondary N) is 2. The van der Waals surface area contributed by atoms with Gasteiger partial charge < -0.3 is 25.2 Å². The van der Waals surface area contributed by atoms with Crippen LogP contribution in [-0.4, -0.2) is 92.2 Å². The third-order valence-electron chi connectivity index (χ3n) is 7.39. The number of hydrogen-bond donors (Lipinski definition) is 2. The number of ether oxygens (including phenoxy) is 1.